The molecule has 0 radical (unpaired) electrons. The molecule has 0 saturated carbocycles. The Morgan fingerprint density at radius 3 is 3.00 bits per heavy atom. The zero-order chi connectivity index (χ0) is 13.0. The van der Waals surface area contributed by atoms with Crippen molar-refractivity contribution < 1.29 is 9.53 Å². The molecule has 0 unspecified atom stereocenters. The molecule has 1 aromatic rings. The largest absolute Gasteiger partial charge is 0.376 e. The SMILES string of the molecule is O=C(NC[C@@H]1CCCO1)Nc1cccc(Cl)c1Cl. The standard InChI is InChI=1S/C12H14Cl2N2O2/c13-9-4-1-5-10(11(9)14)16-12(17)15-7-8-3-2-6-18-8/h1,4-5,8H,2-3,6-7H2,(H2,15,16,17)/t8-/m0/s1. The molecule has 98 valence electrons. The highest BCUT2D eigenvalue weighted by Crippen LogP contribution is 2.29. The van der Waals surface area contributed by atoms with E-state index in [4.69, 9.17) is 27.9 Å². The van der Waals surface area contributed by atoms with Gasteiger partial charge in [0.05, 0.1) is 21.8 Å². The fourth-order valence-electron chi connectivity index (χ4n) is 1.78. The van der Waals surface area contributed by atoms with E-state index in [9.17, 15) is 4.79 Å². The minimum atomic E-state index is -0.310. The van der Waals surface area contributed by atoms with Gasteiger partial charge in [0.1, 0.15) is 0 Å². The van der Waals surface area contributed by atoms with Crippen molar-refractivity contribution in [2.75, 3.05) is 18.5 Å². The van der Waals surface area contributed by atoms with Crippen molar-refractivity contribution in [3.63, 3.8) is 0 Å². The highest BCUT2D eigenvalue weighted by atomic mass is 35.5. The Morgan fingerprint density at radius 1 is 1.44 bits per heavy atom. The number of hydrogen-bond acceptors (Lipinski definition) is 2. The lowest BCUT2D eigenvalue weighted by atomic mass is 10.2. The molecule has 1 fully saturated rings. The Morgan fingerprint density at radius 2 is 2.28 bits per heavy atom. The number of carbonyl (C=O) groups excluding carboxylic acids is 1. The monoisotopic (exact) mass is 288 g/mol. The smallest absolute Gasteiger partial charge is 0.319 e. The van der Waals surface area contributed by atoms with Gasteiger partial charge in [-0.05, 0) is 25.0 Å². The van der Waals surface area contributed by atoms with E-state index in [1.807, 2.05) is 0 Å². The average Bonchev–Trinajstić information content (AvgIpc) is 2.86. The Kier molecular flexibility index (Phi) is 4.69. The van der Waals surface area contributed by atoms with Crippen LogP contribution in [0.4, 0.5) is 10.5 Å². The molecule has 2 rings (SSSR count). The maximum Gasteiger partial charge on any atom is 0.319 e. The molecule has 1 aromatic carbocycles. The lowest BCUT2D eigenvalue weighted by molar-refractivity contribution is 0.112. The van der Waals surface area contributed by atoms with Crippen molar-refractivity contribution in [1.29, 1.82) is 0 Å². The van der Waals surface area contributed by atoms with Crippen LogP contribution in [0.2, 0.25) is 10.0 Å². The first-order valence-corrected chi connectivity index (χ1v) is 6.53. The summed E-state index contributed by atoms with van der Waals surface area (Å²) >= 11 is 11.8. The zero-order valence-electron chi connectivity index (χ0n) is 9.71. The van der Waals surface area contributed by atoms with Gasteiger partial charge < -0.3 is 15.4 Å². The van der Waals surface area contributed by atoms with Gasteiger partial charge in [0, 0.05) is 13.2 Å². The number of halogens is 2. The molecular formula is C12H14Cl2N2O2. The molecule has 6 heteroatoms. The second-order valence-corrected chi connectivity index (χ2v) is 4.86. The second-order valence-electron chi connectivity index (χ2n) is 4.07. The molecule has 1 aliphatic heterocycles. The van der Waals surface area contributed by atoms with Crippen LogP contribution in [0.15, 0.2) is 18.2 Å². The fraction of sp³-hybridized carbons (Fsp3) is 0.417. The quantitative estimate of drug-likeness (QED) is 0.897. The maximum atomic E-state index is 11.7. The summed E-state index contributed by atoms with van der Waals surface area (Å²) in [6, 6.07) is 4.78. The van der Waals surface area contributed by atoms with E-state index in [0.717, 1.165) is 19.4 Å². The van der Waals surface area contributed by atoms with Crippen molar-refractivity contribution in [2.45, 2.75) is 18.9 Å². The minimum Gasteiger partial charge on any atom is -0.376 e. The van der Waals surface area contributed by atoms with E-state index < -0.39 is 0 Å². The Labute approximate surface area is 116 Å². The first kappa shape index (κ1) is 13.5. The first-order valence-electron chi connectivity index (χ1n) is 5.77. The first-order chi connectivity index (χ1) is 8.66. The lowest BCUT2D eigenvalue weighted by Gasteiger charge is -2.12. The van der Waals surface area contributed by atoms with Gasteiger partial charge in [-0.1, -0.05) is 29.3 Å². The van der Waals surface area contributed by atoms with Crippen molar-refractivity contribution in [1.82, 2.24) is 5.32 Å². The molecule has 0 aliphatic carbocycles. The topological polar surface area (TPSA) is 50.4 Å². The van der Waals surface area contributed by atoms with Crippen molar-refractivity contribution in [3.05, 3.63) is 28.2 Å². The van der Waals surface area contributed by atoms with Gasteiger partial charge in [-0.2, -0.15) is 0 Å². The third-order valence-electron chi connectivity index (χ3n) is 2.71. The molecule has 2 N–H and O–H groups in total. The molecule has 0 aromatic heterocycles. The number of ether oxygens (including phenoxy) is 1. The molecule has 0 bridgehead atoms. The van der Waals surface area contributed by atoms with Crippen LogP contribution in [0.1, 0.15) is 12.8 Å². The van der Waals surface area contributed by atoms with Crippen LogP contribution in [-0.4, -0.2) is 25.3 Å². The Balaban J connectivity index is 1.84. The molecule has 18 heavy (non-hydrogen) atoms. The summed E-state index contributed by atoms with van der Waals surface area (Å²) in [5.74, 6) is 0. The normalized spacial score (nSPS) is 18.7. The van der Waals surface area contributed by atoms with Crippen LogP contribution in [-0.2, 0) is 4.74 Å². The van der Waals surface area contributed by atoms with E-state index in [0.29, 0.717) is 22.3 Å². The minimum absolute atomic E-state index is 0.116. The van der Waals surface area contributed by atoms with Crippen LogP contribution >= 0.6 is 23.2 Å². The maximum absolute atomic E-state index is 11.7. The lowest BCUT2D eigenvalue weighted by Crippen LogP contribution is -2.35. The number of nitrogens with one attached hydrogen (secondary N) is 2. The molecule has 1 aliphatic rings. The zero-order valence-corrected chi connectivity index (χ0v) is 11.2. The summed E-state index contributed by atoms with van der Waals surface area (Å²) in [4.78, 5) is 11.7. The van der Waals surface area contributed by atoms with Gasteiger partial charge in [0.25, 0.3) is 0 Å². The molecule has 4 nitrogen and oxygen atoms in total. The van der Waals surface area contributed by atoms with Gasteiger partial charge in [-0.3, -0.25) is 0 Å². The highest BCUT2D eigenvalue weighted by molar-refractivity contribution is 6.43. The summed E-state index contributed by atoms with van der Waals surface area (Å²) in [5.41, 5.74) is 0.494. The average molecular weight is 289 g/mol. The fourth-order valence-corrected chi connectivity index (χ4v) is 2.13. The number of anilines is 1. The third kappa shape index (κ3) is 3.51. The van der Waals surface area contributed by atoms with Gasteiger partial charge in [-0.15, -0.1) is 0 Å². The summed E-state index contributed by atoms with van der Waals surface area (Å²) in [7, 11) is 0. The van der Waals surface area contributed by atoms with Gasteiger partial charge >= 0.3 is 6.03 Å². The van der Waals surface area contributed by atoms with Crippen molar-refractivity contribution >= 4 is 34.9 Å². The van der Waals surface area contributed by atoms with Crippen LogP contribution in [0.3, 0.4) is 0 Å². The summed E-state index contributed by atoms with van der Waals surface area (Å²) < 4.78 is 5.41. The number of urea groups is 1. The number of hydrogen-bond donors (Lipinski definition) is 2. The number of benzene rings is 1. The Bertz CT molecular complexity index is 434. The molecule has 1 saturated heterocycles. The van der Waals surface area contributed by atoms with Crippen LogP contribution < -0.4 is 10.6 Å². The van der Waals surface area contributed by atoms with E-state index in [1.165, 1.54) is 0 Å². The second kappa shape index (κ2) is 6.27. The van der Waals surface area contributed by atoms with Gasteiger partial charge in [-0.25, -0.2) is 4.79 Å². The van der Waals surface area contributed by atoms with Crippen LogP contribution in [0.25, 0.3) is 0 Å². The number of carbonyl (C=O) groups is 1. The molecule has 0 spiro atoms. The van der Waals surface area contributed by atoms with Gasteiger partial charge in [0.2, 0.25) is 0 Å². The van der Waals surface area contributed by atoms with E-state index in [-0.39, 0.29) is 12.1 Å². The summed E-state index contributed by atoms with van der Waals surface area (Å²) in [5, 5.41) is 6.15. The molecule has 2 amide bonds. The van der Waals surface area contributed by atoms with Gasteiger partial charge in [0.15, 0.2) is 0 Å². The van der Waals surface area contributed by atoms with E-state index >= 15 is 0 Å². The predicted octanol–water partition coefficient (Wildman–Crippen LogP) is 3.29. The van der Waals surface area contributed by atoms with E-state index in [1.54, 1.807) is 18.2 Å². The number of rotatable bonds is 3. The van der Waals surface area contributed by atoms with E-state index in [2.05, 4.69) is 10.6 Å². The number of amides is 2. The molecule has 1 heterocycles. The summed E-state index contributed by atoms with van der Waals surface area (Å²) in [6.45, 7) is 1.28. The highest BCUT2D eigenvalue weighted by Gasteiger charge is 2.16. The van der Waals surface area contributed by atoms with Crippen molar-refractivity contribution in [3.8, 4) is 0 Å². The van der Waals surface area contributed by atoms with Crippen molar-refractivity contribution in [2.24, 2.45) is 0 Å². The third-order valence-corrected chi connectivity index (χ3v) is 3.53. The van der Waals surface area contributed by atoms with Crippen LogP contribution in [0.5, 0.6) is 0 Å². The predicted molar refractivity (Wildman–Crippen MR) is 72.5 cm³/mol. The summed E-state index contributed by atoms with van der Waals surface area (Å²) in [6.07, 6.45) is 2.15. The molecule has 1 atom stereocenters. The van der Waals surface area contributed by atoms with Crippen LogP contribution in [0, 0.1) is 0 Å². The molecular weight excluding hydrogens is 275 g/mol. The Hall–Kier alpha value is -0.970.